The van der Waals surface area contributed by atoms with E-state index in [4.69, 9.17) is 4.74 Å². The number of H-pyrrole nitrogens is 1. The molecule has 0 aliphatic carbocycles. The first-order valence-electron chi connectivity index (χ1n) is 15.1. The predicted molar refractivity (Wildman–Crippen MR) is 171 cm³/mol. The number of carbonyl (C=O) groups is 1. The molecule has 0 saturated carbocycles. The number of hydrogen-bond acceptors (Lipinski definition) is 4. The van der Waals surface area contributed by atoms with E-state index in [2.05, 4.69) is 88.3 Å². The number of fused-ring (bicyclic) bond motifs is 1. The van der Waals surface area contributed by atoms with Crippen molar-refractivity contribution in [2.24, 2.45) is 0 Å². The number of rotatable bonds is 14. The van der Waals surface area contributed by atoms with Crippen molar-refractivity contribution in [2.45, 2.75) is 71.8 Å². The SMILES string of the molecule is CC(C)N(CC(=O)N(CCc1c[nH]c2ccccc12)Cc1ccc(C(C)(C)C)cc1)CC(O)COCc1ccccc1. The number of para-hydroxylation sites is 1. The molecule has 42 heavy (non-hydrogen) atoms. The maximum absolute atomic E-state index is 13.9. The Morgan fingerprint density at radius 3 is 2.31 bits per heavy atom. The third-order valence-corrected chi connectivity index (χ3v) is 7.81. The summed E-state index contributed by atoms with van der Waals surface area (Å²) in [4.78, 5) is 21.2. The molecular formula is C36H47N3O3. The van der Waals surface area contributed by atoms with Crippen LogP contribution >= 0.6 is 0 Å². The average Bonchev–Trinajstić information content (AvgIpc) is 3.38. The van der Waals surface area contributed by atoms with Gasteiger partial charge in [0.2, 0.25) is 5.91 Å². The number of ether oxygens (including phenoxy) is 1. The van der Waals surface area contributed by atoms with E-state index in [1.807, 2.05) is 46.2 Å². The summed E-state index contributed by atoms with van der Waals surface area (Å²) in [6.07, 6.45) is 2.12. The topological polar surface area (TPSA) is 68.8 Å². The van der Waals surface area contributed by atoms with Crippen molar-refractivity contribution in [3.8, 4) is 0 Å². The molecule has 1 unspecified atom stereocenters. The molecule has 6 nitrogen and oxygen atoms in total. The number of aromatic nitrogens is 1. The van der Waals surface area contributed by atoms with Gasteiger partial charge in [0.05, 0.1) is 25.9 Å². The summed E-state index contributed by atoms with van der Waals surface area (Å²) in [5.74, 6) is 0.0563. The zero-order chi connectivity index (χ0) is 30.1. The van der Waals surface area contributed by atoms with Gasteiger partial charge in [0.25, 0.3) is 0 Å². The Labute approximate surface area is 251 Å². The van der Waals surface area contributed by atoms with Crippen LogP contribution in [0.3, 0.4) is 0 Å². The Bertz CT molecular complexity index is 1390. The number of aromatic amines is 1. The normalized spacial score (nSPS) is 12.8. The lowest BCUT2D eigenvalue weighted by molar-refractivity contribution is -0.134. The summed E-state index contributed by atoms with van der Waals surface area (Å²) < 4.78 is 5.77. The van der Waals surface area contributed by atoms with Crippen LogP contribution in [0.2, 0.25) is 0 Å². The summed E-state index contributed by atoms with van der Waals surface area (Å²) >= 11 is 0. The highest BCUT2D eigenvalue weighted by molar-refractivity contribution is 5.83. The fourth-order valence-corrected chi connectivity index (χ4v) is 5.16. The first-order chi connectivity index (χ1) is 20.1. The van der Waals surface area contributed by atoms with Gasteiger partial charge in [0.15, 0.2) is 0 Å². The Balaban J connectivity index is 1.42. The molecule has 6 heteroatoms. The average molecular weight is 570 g/mol. The number of nitrogens with zero attached hydrogens (tertiary/aromatic N) is 2. The van der Waals surface area contributed by atoms with E-state index in [0.29, 0.717) is 26.2 Å². The molecule has 224 valence electrons. The number of benzene rings is 3. The number of amides is 1. The third kappa shape index (κ3) is 9.02. The Morgan fingerprint density at radius 1 is 0.929 bits per heavy atom. The third-order valence-electron chi connectivity index (χ3n) is 7.81. The molecule has 1 heterocycles. The molecule has 0 saturated heterocycles. The summed E-state index contributed by atoms with van der Waals surface area (Å²) in [7, 11) is 0. The van der Waals surface area contributed by atoms with Gasteiger partial charge in [-0.05, 0) is 54.0 Å². The monoisotopic (exact) mass is 569 g/mol. The van der Waals surface area contributed by atoms with Crippen LogP contribution in [0.25, 0.3) is 10.9 Å². The van der Waals surface area contributed by atoms with Gasteiger partial charge < -0.3 is 19.7 Å². The Hall–Kier alpha value is -3.45. The van der Waals surface area contributed by atoms with Crippen LogP contribution in [-0.2, 0) is 34.5 Å². The van der Waals surface area contributed by atoms with Crippen LogP contribution in [0.1, 0.15) is 56.9 Å². The van der Waals surface area contributed by atoms with Crippen LogP contribution < -0.4 is 0 Å². The zero-order valence-corrected chi connectivity index (χ0v) is 25.8. The molecule has 0 radical (unpaired) electrons. The van der Waals surface area contributed by atoms with Gasteiger partial charge in [-0.1, -0.05) is 93.6 Å². The zero-order valence-electron chi connectivity index (χ0n) is 25.8. The number of nitrogens with one attached hydrogen (secondary N) is 1. The number of aliphatic hydroxyl groups excluding tert-OH is 1. The van der Waals surface area contributed by atoms with E-state index in [1.165, 1.54) is 16.5 Å². The van der Waals surface area contributed by atoms with Gasteiger partial charge in [-0.3, -0.25) is 9.69 Å². The fourth-order valence-electron chi connectivity index (χ4n) is 5.16. The predicted octanol–water partition coefficient (Wildman–Crippen LogP) is 6.32. The molecule has 1 atom stereocenters. The quantitative estimate of drug-likeness (QED) is 0.186. The van der Waals surface area contributed by atoms with Crippen molar-refractivity contribution in [3.05, 3.63) is 107 Å². The largest absolute Gasteiger partial charge is 0.389 e. The molecule has 4 aromatic rings. The second-order valence-corrected chi connectivity index (χ2v) is 12.5. The second kappa shape index (κ2) is 14.6. The molecule has 0 aliphatic rings. The van der Waals surface area contributed by atoms with Crippen molar-refractivity contribution >= 4 is 16.8 Å². The molecule has 4 rings (SSSR count). The van der Waals surface area contributed by atoms with E-state index in [-0.39, 0.29) is 30.5 Å². The molecule has 3 aromatic carbocycles. The maximum Gasteiger partial charge on any atom is 0.237 e. The van der Waals surface area contributed by atoms with E-state index in [0.717, 1.165) is 23.1 Å². The summed E-state index contributed by atoms with van der Waals surface area (Å²) in [5.41, 5.74) is 5.85. The molecule has 0 fully saturated rings. The van der Waals surface area contributed by atoms with Crippen molar-refractivity contribution < 1.29 is 14.6 Å². The van der Waals surface area contributed by atoms with E-state index in [9.17, 15) is 9.90 Å². The van der Waals surface area contributed by atoms with Gasteiger partial charge in [0.1, 0.15) is 0 Å². The first-order valence-corrected chi connectivity index (χ1v) is 15.1. The minimum absolute atomic E-state index is 0.0563. The fraction of sp³-hybridized carbons (Fsp3) is 0.417. The maximum atomic E-state index is 13.9. The van der Waals surface area contributed by atoms with E-state index >= 15 is 0 Å². The molecule has 2 N–H and O–H groups in total. The minimum Gasteiger partial charge on any atom is -0.389 e. The van der Waals surface area contributed by atoms with Crippen LogP contribution in [0.15, 0.2) is 85.1 Å². The lowest BCUT2D eigenvalue weighted by atomic mass is 9.87. The van der Waals surface area contributed by atoms with Gasteiger partial charge in [-0.15, -0.1) is 0 Å². The molecule has 0 spiro atoms. The molecule has 0 aliphatic heterocycles. The molecule has 1 amide bonds. The van der Waals surface area contributed by atoms with E-state index in [1.54, 1.807) is 0 Å². The summed E-state index contributed by atoms with van der Waals surface area (Å²) in [6.45, 7) is 13.2. The van der Waals surface area contributed by atoms with Crippen LogP contribution in [0, 0.1) is 0 Å². The van der Waals surface area contributed by atoms with Crippen molar-refractivity contribution in [1.82, 2.24) is 14.8 Å². The van der Waals surface area contributed by atoms with Gasteiger partial charge in [-0.2, -0.15) is 0 Å². The Morgan fingerprint density at radius 2 is 1.62 bits per heavy atom. The van der Waals surface area contributed by atoms with Crippen LogP contribution in [-0.4, -0.2) is 64.2 Å². The lowest BCUT2D eigenvalue weighted by Gasteiger charge is -2.31. The van der Waals surface area contributed by atoms with Gasteiger partial charge in [0, 0.05) is 42.8 Å². The van der Waals surface area contributed by atoms with Gasteiger partial charge >= 0.3 is 0 Å². The molecule has 0 bridgehead atoms. The minimum atomic E-state index is -0.687. The van der Waals surface area contributed by atoms with E-state index < -0.39 is 6.10 Å². The molecule has 1 aromatic heterocycles. The highest BCUT2D eigenvalue weighted by Gasteiger charge is 2.23. The van der Waals surface area contributed by atoms with Crippen molar-refractivity contribution in [3.63, 3.8) is 0 Å². The molecular weight excluding hydrogens is 522 g/mol. The smallest absolute Gasteiger partial charge is 0.237 e. The number of hydrogen-bond donors (Lipinski definition) is 2. The van der Waals surface area contributed by atoms with Gasteiger partial charge in [-0.25, -0.2) is 0 Å². The lowest BCUT2D eigenvalue weighted by Crippen LogP contribution is -2.46. The highest BCUT2D eigenvalue weighted by atomic mass is 16.5. The Kier molecular flexibility index (Phi) is 11.0. The van der Waals surface area contributed by atoms with Crippen molar-refractivity contribution in [1.29, 1.82) is 0 Å². The number of carbonyl (C=O) groups excluding carboxylic acids is 1. The standard InChI is InChI=1S/C36H47N3O3/c1-27(2)39(23-32(40)26-42-25-29-11-7-6-8-12-29)24-35(41)38(22-28-15-17-31(18-16-28)36(3,4)5)20-19-30-21-37-34-14-10-9-13-33(30)34/h6-18,21,27,32,37,40H,19-20,22-26H2,1-5H3. The van der Waals surface area contributed by atoms with Crippen LogP contribution in [0.4, 0.5) is 0 Å². The summed E-state index contributed by atoms with van der Waals surface area (Å²) in [6, 6.07) is 26.9. The first kappa shape index (κ1) is 31.5. The highest BCUT2D eigenvalue weighted by Crippen LogP contribution is 2.23. The second-order valence-electron chi connectivity index (χ2n) is 12.5. The number of aliphatic hydroxyl groups is 1. The summed E-state index contributed by atoms with van der Waals surface area (Å²) in [5, 5.41) is 12.0. The van der Waals surface area contributed by atoms with Crippen molar-refractivity contribution in [2.75, 3.05) is 26.2 Å². The van der Waals surface area contributed by atoms with Crippen LogP contribution in [0.5, 0.6) is 0 Å².